The van der Waals surface area contributed by atoms with Crippen LogP contribution in [-0.4, -0.2) is 75.0 Å². The number of aliphatic imine (C=N–C) groups is 1. The molecule has 1 amide bonds. The number of carbonyl (C=O) groups excluding carboxylic acids is 1. The number of nitrogens with zero attached hydrogens (tertiary/aromatic N) is 4. The van der Waals surface area contributed by atoms with Gasteiger partial charge in [0.15, 0.2) is 5.96 Å². The standard InChI is InChI=1S/C21H29N5O2/c1-24(2)20(27)17-23-21(22-11-10-19-9-6-16-28-19)26-14-12-25(13-15-26)18-7-4-3-5-8-18/h3-9,16H,10-15,17H2,1-2H3,(H,22,23). The van der Waals surface area contributed by atoms with Crippen molar-refractivity contribution in [2.75, 3.05) is 58.3 Å². The molecule has 0 atom stereocenters. The second-order valence-electron chi connectivity index (χ2n) is 6.99. The second-order valence-corrected chi connectivity index (χ2v) is 6.99. The highest BCUT2D eigenvalue weighted by Gasteiger charge is 2.20. The van der Waals surface area contributed by atoms with Crippen LogP contribution in [0.2, 0.25) is 0 Å². The molecule has 0 aliphatic carbocycles. The number of guanidine groups is 1. The molecule has 150 valence electrons. The Labute approximate surface area is 166 Å². The number of likely N-dealkylation sites (N-methyl/N-ethyl adjacent to an activating group) is 1. The van der Waals surface area contributed by atoms with Crippen LogP contribution in [0.3, 0.4) is 0 Å². The van der Waals surface area contributed by atoms with Gasteiger partial charge >= 0.3 is 0 Å². The lowest BCUT2D eigenvalue weighted by atomic mass is 10.2. The molecule has 3 rings (SSSR count). The summed E-state index contributed by atoms with van der Waals surface area (Å²) in [5, 5.41) is 3.40. The maximum Gasteiger partial charge on any atom is 0.243 e. The minimum absolute atomic E-state index is 0.00624. The third-order valence-electron chi connectivity index (χ3n) is 4.80. The van der Waals surface area contributed by atoms with Crippen molar-refractivity contribution in [3.8, 4) is 0 Å². The number of rotatable bonds is 6. The minimum Gasteiger partial charge on any atom is -0.469 e. The molecule has 1 fully saturated rings. The van der Waals surface area contributed by atoms with Gasteiger partial charge in [0.25, 0.3) is 0 Å². The molecule has 1 aromatic heterocycles. The number of hydrogen-bond donors (Lipinski definition) is 1. The zero-order valence-corrected chi connectivity index (χ0v) is 16.7. The molecule has 2 heterocycles. The van der Waals surface area contributed by atoms with Crippen molar-refractivity contribution in [1.82, 2.24) is 15.1 Å². The van der Waals surface area contributed by atoms with Crippen molar-refractivity contribution in [2.24, 2.45) is 4.99 Å². The van der Waals surface area contributed by atoms with Gasteiger partial charge in [-0.1, -0.05) is 18.2 Å². The first-order valence-corrected chi connectivity index (χ1v) is 9.69. The van der Waals surface area contributed by atoms with Gasteiger partial charge in [-0.15, -0.1) is 0 Å². The van der Waals surface area contributed by atoms with Gasteiger partial charge in [0, 0.05) is 58.9 Å². The molecule has 1 aromatic carbocycles. The largest absolute Gasteiger partial charge is 0.469 e. The number of piperazine rings is 1. The van der Waals surface area contributed by atoms with E-state index in [1.165, 1.54) is 5.69 Å². The Morgan fingerprint density at radius 2 is 1.86 bits per heavy atom. The molecular weight excluding hydrogens is 354 g/mol. The number of carbonyl (C=O) groups is 1. The van der Waals surface area contributed by atoms with E-state index in [-0.39, 0.29) is 12.5 Å². The molecule has 0 spiro atoms. The first-order chi connectivity index (χ1) is 13.6. The monoisotopic (exact) mass is 383 g/mol. The maximum absolute atomic E-state index is 12.0. The van der Waals surface area contributed by atoms with Crippen LogP contribution >= 0.6 is 0 Å². The zero-order valence-electron chi connectivity index (χ0n) is 16.7. The molecule has 0 radical (unpaired) electrons. The molecular formula is C21H29N5O2. The maximum atomic E-state index is 12.0. The first-order valence-electron chi connectivity index (χ1n) is 9.69. The van der Waals surface area contributed by atoms with Gasteiger partial charge in [0.1, 0.15) is 12.3 Å². The van der Waals surface area contributed by atoms with Crippen molar-refractivity contribution in [3.05, 3.63) is 54.5 Å². The van der Waals surface area contributed by atoms with Gasteiger partial charge in [-0.25, -0.2) is 4.99 Å². The van der Waals surface area contributed by atoms with Crippen molar-refractivity contribution in [2.45, 2.75) is 6.42 Å². The van der Waals surface area contributed by atoms with E-state index in [4.69, 9.17) is 4.42 Å². The van der Waals surface area contributed by atoms with E-state index in [9.17, 15) is 4.79 Å². The second kappa shape index (κ2) is 9.82. The number of hydrogen-bond acceptors (Lipinski definition) is 4. The molecule has 7 heteroatoms. The van der Waals surface area contributed by atoms with Crippen molar-refractivity contribution in [3.63, 3.8) is 0 Å². The third-order valence-corrected chi connectivity index (χ3v) is 4.80. The molecule has 1 saturated heterocycles. The van der Waals surface area contributed by atoms with Crippen LogP contribution in [0.15, 0.2) is 58.1 Å². The average molecular weight is 383 g/mol. The Balaban J connectivity index is 1.59. The SMILES string of the molecule is CN(C)C(=O)CN=C(NCCc1ccco1)N1CCN(c2ccccc2)CC1. The Hall–Kier alpha value is -2.96. The van der Waals surface area contributed by atoms with Crippen LogP contribution in [-0.2, 0) is 11.2 Å². The van der Waals surface area contributed by atoms with Gasteiger partial charge in [-0.2, -0.15) is 0 Å². The lowest BCUT2D eigenvalue weighted by molar-refractivity contribution is -0.127. The highest BCUT2D eigenvalue weighted by atomic mass is 16.3. The van der Waals surface area contributed by atoms with Crippen LogP contribution in [0.5, 0.6) is 0 Å². The fourth-order valence-corrected chi connectivity index (χ4v) is 3.12. The number of anilines is 1. The van der Waals surface area contributed by atoms with E-state index >= 15 is 0 Å². The summed E-state index contributed by atoms with van der Waals surface area (Å²) >= 11 is 0. The summed E-state index contributed by atoms with van der Waals surface area (Å²) in [4.78, 5) is 22.7. The summed E-state index contributed by atoms with van der Waals surface area (Å²) < 4.78 is 5.39. The number of amides is 1. The van der Waals surface area contributed by atoms with Crippen molar-refractivity contribution < 1.29 is 9.21 Å². The van der Waals surface area contributed by atoms with E-state index in [2.05, 4.69) is 44.4 Å². The van der Waals surface area contributed by atoms with E-state index in [0.717, 1.165) is 44.3 Å². The molecule has 0 saturated carbocycles. The summed E-state index contributed by atoms with van der Waals surface area (Å²) in [6.07, 6.45) is 2.46. The number of nitrogens with one attached hydrogen (secondary N) is 1. The topological polar surface area (TPSA) is 64.3 Å². The quantitative estimate of drug-likeness (QED) is 0.607. The fourth-order valence-electron chi connectivity index (χ4n) is 3.12. The lowest BCUT2D eigenvalue weighted by Crippen LogP contribution is -2.53. The van der Waals surface area contributed by atoms with Crippen LogP contribution in [0.4, 0.5) is 5.69 Å². The summed E-state index contributed by atoms with van der Waals surface area (Å²) in [7, 11) is 3.50. The fraction of sp³-hybridized carbons (Fsp3) is 0.429. The summed E-state index contributed by atoms with van der Waals surface area (Å²) in [6, 6.07) is 14.3. The summed E-state index contributed by atoms with van der Waals surface area (Å²) in [5.74, 6) is 1.72. The summed E-state index contributed by atoms with van der Waals surface area (Å²) in [6.45, 7) is 4.42. The lowest BCUT2D eigenvalue weighted by Gasteiger charge is -2.37. The smallest absolute Gasteiger partial charge is 0.243 e. The van der Waals surface area contributed by atoms with Gasteiger partial charge in [-0.05, 0) is 24.3 Å². The van der Waals surface area contributed by atoms with E-state index < -0.39 is 0 Å². The average Bonchev–Trinajstić information content (AvgIpc) is 3.24. The number of para-hydroxylation sites is 1. The molecule has 28 heavy (non-hydrogen) atoms. The van der Waals surface area contributed by atoms with Gasteiger partial charge in [0.05, 0.1) is 6.26 Å². The van der Waals surface area contributed by atoms with E-state index in [1.54, 1.807) is 25.3 Å². The Bertz CT molecular complexity index is 750. The third kappa shape index (κ3) is 5.52. The van der Waals surface area contributed by atoms with Gasteiger partial charge in [0.2, 0.25) is 5.91 Å². The van der Waals surface area contributed by atoms with E-state index in [0.29, 0.717) is 6.54 Å². The Morgan fingerprint density at radius 1 is 1.11 bits per heavy atom. The van der Waals surface area contributed by atoms with Crippen LogP contribution < -0.4 is 10.2 Å². The van der Waals surface area contributed by atoms with Gasteiger partial charge < -0.3 is 24.4 Å². The zero-order chi connectivity index (χ0) is 19.8. The van der Waals surface area contributed by atoms with Crippen molar-refractivity contribution >= 4 is 17.6 Å². The number of benzene rings is 1. The van der Waals surface area contributed by atoms with E-state index in [1.807, 2.05) is 18.2 Å². The molecule has 7 nitrogen and oxygen atoms in total. The highest BCUT2D eigenvalue weighted by Crippen LogP contribution is 2.15. The molecule has 0 bridgehead atoms. The normalized spacial score (nSPS) is 14.9. The van der Waals surface area contributed by atoms with Crippen molar-refractivity contribution in [1.29, 1.82) is 0 Å². The van der Waals surface area contributed by atoms with Crippen LogP contribution in [0.1, 0.15) is 5.76 Å². The Kier molecular flexibility index (Phi) is 6.94. The van der Waals surface area contributed by atoms with Gasteiger partial charge in [-0.3, -0.25) is 4.79 Å². The summed E-state index contributed by atoms with van der Waals surface area (Å²) in [5.41, 5.74) is 1.24. The molecule has 1 aliphatic rings. The van der Waals surface area contributed by atoms with Crippen LogP contribution in [0.25, 0.3) is 0 Å². The predicted octanol–water partition coefficient (Wildman–Crippen LogP) is 1.68. The van der Waals surface area contributed by atoms with Crippen LogP contribution in [0, 0.1) is 0 Å². The molecule has 0 unspecified atom stereocenters. The number of furan rings is 1. The highest BCUT2D eigenvalue weighted by molar-refractivity contribution is 5.85. The molecule has 1 N–H and O–H groups in total. The molecule has 1 aliphatic heterocycles. The predicted molar refractivity (Wildman–Crippen MR) is 112 cm³/mol. The minimum atomic E-state index is -0.00624. The first kappa shape index (κ1) is 19.8. The Morgan fingerprint density at radius 3 is 2.50 bits per heavy atom. The molecule has 2 aromatic rings.